The number of anilines is 2. The van der Waals surface area contributed by atoms with Gasteiger partial charge in [-0.25, -0.2) is 4.98 Å². The van der Waals surface area contributed by atoms with E-state index in [4.69, 9.17) is 0 Å². The van der Waals surface area contributed by atoms with Crippen molar-refractivity contribution in [3.8, 4) is 11.8 Å². The molecule has 0 radical (unpaired) electrons. The highest BCUT2D eigenvalue weighted by Crippen LogP contribution is 2.29. The fourth-order valence-corrected chi connectivity index (χ4v) is 3.55. The van der Waals surface area contributed by atoms with Gasteiger partial charge in [0, 0.05) is 29.5 Å². The first kappa shape index (κ1) is 16.5. The summed E-state index contributed by atoms with van der Waals surface area (Å²) in [6, 6.07) is 12.8. The van der Waals surface area contributed by atoms with Crippen LogP contribution in [0.15, 0.2) is 48.8 Å². The number of rotatable bonds is 4. The van der Waals surface area contributed by atoms with E-state index in [0.717, 1.165) is 28.0 Å². The number of nitrogens with zero attached hydrogens (tertiary/aromatic N) is 1. The number of pyridine rings is 1. The predicted octanol–water partition coefficient (Wildman–Crippen LogP) is 4.77. The molecule has 0 aliphatic heterocycles. The summed E-state index contributed by atoms with van der Waals surface area (Å²) in [6.45, 7) is 0.609. The van der Waals surface area contributed by atoms with E-state index >= 15 is 0 Å². The van der Waals surface area contributed by atoms with E-state index in [1.54, 1.807) is 0 Å². The van der Waals surface area contributed by atoms with Crippen LogP contribution in [-0.4, -0.2) is 22.6 Å². The molecule has 0 spiro atoms. The molecule has 132 valence electrons. The molecule has 4 nitrogen and oxygen atoms in total. The van der Waals surface area contributed by atoms with Crippen LogP contribution in [0.4, 0.5) is 11.4 Å². The monoisotopic (exact) mass is 344 g/mol. The molecule has 26 heavy (non-hydrogen) atoms. The summed E-state index contributed by atoms with van der Waals surface area (Å²) in [5.41, 5.74) is 4.09. The largest absolute Gasteiger partial charge is 0.381 e. The number of H-pyrrole nitrogens is 1. The molecule has 1 saturated carbocycles. The van der Waals surface area contributed by atoms with Gasteiger partial charge in [-0.1, -0.05) is 49.3 Å². The summed E-state index contributed by atoms with van der Waals surface area (Å²) in [7, 11) is 0. The number of benzene rings is 1. The Balaban J connectivity index is 1.54. The number of hydrogen-bond donors (Lipinski definition) is 3. The van der Waals surface area contributed by atoms with Crippen LogP contribution >= 0.6 is 0 Å². The minimum absolute atomic E-state index is 0.534. The van der Waals surface area contributed by atoms with Gasteiger partial charge in [0.2, 0.25) is 0 Å². The molecule has 0 saturated heterocycles. The summed E-state index contributed by atoms with van der Waals surface area (Å²) in [4.78, 5) is 7.71. The number of para-hydroxylation sites is 1. The van der Waals surface area contributed by atoms with Crippen LogP contribution < -0.4 is 10.6 Å². The second-order valence-electron chi connectivity index (χ2n) is 6.79. The molecular formula is C22H24N4. The Morgan fingerprint density at radius 2 is 1.92 bits per heavy atom. The first-order chi connectivity index (χ1) is 12.9. The van der Waals surface area contributed by atoms with Crippen molar-refractivity contribution >= 4 is 22.4 Å². The molecule has 0 bridgehead atoms. The Hall–Kier alpha value is -2.93. The van der Waals surface area contributed by atoms with Crippen LogP contribution in [0.2, 0.25) is 0 Å². The first-order valence-corrected chi connectivity index (χ1v) is 9.40. The molecule has 0 atom stereocenters. The molecular weight excluding hydrogens is 320 g/mol. The number of aromatic nitrogens is 2. The van der Waals surface area contributed by atoms with Gasteiger partial charge in [-0.05, 0) is 31.0 Å². The normalized spacial score (nSPS) is 14.6. The lowest BCUT2D eigenvalue weighted by Gasteiger charge is -2.24. The third-order valence-electron chi connectivity index (χ3n) is 4.92. The van der Waals surface area contributed by atoms with Crippen molar-refractivity contribution in [3.05, 3.63) is 54.4 Å². The lowest BCUT2D eigenvalue weighted by Crippen LogP contribution is -2.23. The van der Waals surface area contributed by atoms with Crippen LogP contribution in [0.25, 0.3) is 11.0 Å². The summed E-state index contributed by atoms with van der Waals surface area (Å²) in [5, 5.41) is 8.21. The lowest BCUT2D eigenvalue weighted by molar-refractivity contribution is 0.463. The second-order valence-corrected chi connectivity index (χ2v) is 6.79. The number of aromatic amines is 1. The summed E-state index contributed by atoms with van der Waals surface area (Å²) in [5.74, 6) is 6.54. The van der Waals surface area contributed by atoms with E-state index in [1.807, 2.05) is 42.7 Å². The van der Waals surface area contributed by atoms with Gasteiger partial charge in [0.25, 0.3) is 0 Å². The second kappa shape index (κ2) is 7.97. The highest BCUT2D eigenvalue weighted by molar-refractivity contribution is 5.92. The van der Waals surface area contributed by atoms with Crippen molar-refractivity contribution in [3.63, 3.8) is 0 Å². The van der Waals surface area contributed by atoms with Crippen molar-refractivity contribution in [1.29, 1.82) is 0 Å². The molecule has 3 aromatic rings. The van der Waals surface area contributed by atoms with E-state index in [2.05, 4.69) is 38.5 Å². The standard InChI is InChI=1S/C22H24N4/c1-3-9-18(10-4-1)23-14-7-8-17-16-25-22-20(13-15-24-22)21(17)26-19-11-5-2-6-12-19/h1,3-4,9-10,13,15-16,19,23H,2,5-6,11-12,14H2,(H2,24,25,26). The van der Waals surface area contributed by atoms with E-state index in [0.29, 0.717) is 12.6 Å². The van der Waals surface area contributed by atoms with Crippen molar-refractivity contribution in [2.75, 3.05) is 17.2 Å². The Kier molecular flexibility index (Phi) is 5.07. The van der Waals surface area contributed by atoms with Crippen LogP contribution in [0.3, 0.4) is 0 Å². The van der Waals surface area contributed by atoms with Gasteiger partial charge >= 0.3 is 0 Å². The molecule has 0 unspecified atom stereocenters. The fraction of sp³-hybridized carbons (Fsp3) is 0.318. The molecule has 4 heteroatoms. The molecule has 4 rings (SSSR count). The lowest BCUT2D eigenvalue weighted by atomic mass is 9.95. The first-order valence-electron chi connectivity index (χ1n) is 9.40. The third kappa shape index (κ3) is 3.83. The van der Waals surface area contributed by atoms with Gasteiger partial charge < -0.3 is 15.6 Å². The molecule has 1 fully saturated rings. The van der Waals surface area contributed by atoms with Crippen molar-refractivity contribution < 1.29 is 0 Å². The Bertz CT molecular complexity index is 911. The van der Waals surface area contributed by atoms with E-state index in [9.17, 15) is 0 Å². The smallest absolute Gasteiger partial charge is 0.139 e. The van der Waals surface area contributed by atoms with E-state index < -0.39 is 0 Å². The van der Waals surface area contributed by atoms with Crippen molar-refractivity contribution in [2.24, 2.45) is 0 Å². The Labute approximate surface area is 154 Å². The van der Waals surface area contributed by atoms with Crippen LogP contribution in [0.5, 0.6) is 0 Å². The van der Waals surface area contributed by atoms with Crippen molar-refractivity contribution in [2.45, 2.75) is 38.1 Å². The molecule has 3 N–H and O–H groups in total. The average molecular weight is 344 g/mol. The van der Waals surface area contributed by atoms with Gasteiger partial charge in [-0.15, -0.1) is 0 Å². The van der Waals surface area contributed by atoms with E-state index in [1.165, 1.54) is 32.1 Å². The zero-order valence-corrected chi connectivity index (χ0v) is 14.9. The van der Waals surface area contributed by atoms with Gasteiger partial charge in [0.1, 0.15) is 5.65 Å². The molecule has 2 aromatic heterocycles. The SMILES string of the molecule is C(#Cc1cnc2[nH]ccc2c1NC1CCCCC1)CNc1ccccc1. The Morgan fingerprint density at radius 1 is 1.08 bits per heavy atom. The number of hydrogen-bond acceptors (Lipinski definition) is 3. The summed E-state index contributed by atoms with van der Waals surface area (Å²) >= 11 is 0. The maximum atomic E-state index is 4.51. The van der Waals surface area contributed by atoms with Crippen LogP contribution in [-0.2, 0) is 0 Å². The predicted molar refractivity (Wildman–Crippen MR) is 108 cm³/mol. The topological polar surface area (TPSA) is 52.7 Å². The summed E-state index contributed by atoms with van der Waals surface area (Å²) < 4.78 is 0. The molecule has 2 heterocycles. The van der Waals surface area contributed by atoms with Gasteiger partial charge in [0.05, 0.1) is 17.8 Å². The van der Waals surface area contributed by atoms with Gasteiger partial charge in [0.15, 0.2) is 0 Å². The zero-order valence-electron chi connectivity index (χ0n) is 14.9. The Morgan fingerprint density at radius 3 is 2.77 bits per heavy atom. The molecule has 1 aromatic carbocycles. The van der Waals surface area contributed by atoms with Crippen LogP contribution in [0.1, 0.15) is 37.7 Å². The minimum atomic E-state index is 0.534. The highest BCUT2D eigenvalue weighted by atomic mass is 14.9. The number of nitrogens with one attached hydrogen (secondary N) is 3. The number of fused-ring (bicyclic) bond motifs is 1. The fourth-order valence-electron chi connectivity index (χ4n) is 3.55. The minimum Gasteiger partial charge on any atom is -0.381 e. The van der Waals surface area contributed by atoms with Crippen LogP contribution in [0, 0.1) is 11.8 Å². The molecule has 0 amide bonds. The third-order valence-corrected chi connectivity index (χ3v) is 4.92. The highest BCUT2D eigenvalue weighted by Gasteiger charge is 2.16. The van der Waals surface area contributed by atoms with Gasteiger partial charge in [-0.2, -0.15) is 0 Å². The maximum Gasteiger partial charge on any atom is 0.139 e. The van der Waals surface area contributed by atoms with Gasteiger partial charge in [-0.3, -0.25) is 0 Å². The van der Waals surface area contributed by atoms with Crippen molar-refractivity contribution in [1.82, 2.24) is 9.97 Å². The maximum absolute atomic E-state index is 4.51. The molecule has 1 aliphatic carbocycles. The molecule has 1 aliphatic rings. The van der Waals surface area contributed by atoms with E-state index in [-0.39, 0.29) is 0 Å². The average Bonchev–Trinajstić information content (AvgIpc) is 3.17. The zero-order chi connectivity index (χ0) is 17.6. The quantitative estimate of drug-likeness (QED) is 0.598. The summed E-state index contributed by atoms with van der Waals surface area (Å²) in [6.07, 6.45) is 10.2.